The van der Waals surface area contributed by atoms with E-state index in [0.717, 1.165) is 0 Å². The van der Waals surface area contributed by atoms with Crippen LogP contribution >= 0.6 is 24.4 Å². The van der Waals surface area contributed by atoms with Crippen molar-refractivity contribution in [2.45, 2.75) is 25.9 Å². The van der Waals surface area contributed by atoms with Crippen LogP contribution in [0.4, 0.5) is 0 Å². The quantitative estimate of drug-likeness (QED) is 0.170. The van der Waals surface area contributed by atoms with Crippen molar-refractivity contribution in [2.24, 2.45) is 0 Å². The van der Waals surface area contributed by atoms with Crippen LogP contribution in [-0.2, 0) is 19.1 Å². The van der Waals surface area contributed by atoms with E-state index >= 15 is 0 Å². The monoisotopic (exact) mass is 554 g/mol. The number of phenolic OH excluding ortho intramolecular Hbond substituents is 2. The highest BCUT2D eigenvalue weighted by molar-refractivity contribution is 7.80. The van der Waals surface area contributed by atoms with E-state index in [1.54, 1.807) is 38.1 Å². The van der Waals surface area contributed by atoms with Crippen LogP contribution < -0.4 is 21.3 Å². The molecule has 0 saturated heterocycles. The number of aromatic hydroxyl groups is 2. The Morgan fingerprint density at radius 1 is 0.763 bits per heavy atom. The van der Waals surface area contributed by atoms with Gasteiger partial charge in [-0.3, -0.25) is 0 Å². The third-order valence-electron chi connectivity index (χ3n) is 5.93. The summed E-state index contributed by atoms with van der Waals surface area (Å²) in [6.45, 7) is 3.01. The van der Waals surface area contributed by atoms with E-state index in [-0.39, 0.29) is 35.9 Å². The minimum atomic E-state index is -0.634. The molecule has 2 aromatic carbocycles. The molecule has 2 aromatic rings. The highest BCUT2D eigenvalue weighted by Gasteiger charge is 2.33. The van der Waals surface area contributed by atoms with Gasteiger partial charge in [0.1, 0.15) is 24.7 Å². The molecule has 2 heterocycles. The summed E-state index contributed by atoms with van der Waals surface area (Å²) in [5.74, 6) is -1.17. The van der Waals surface area contributed by atoms with Gasteiger partial charge < -0.3 is 41.0 Å². The lowest BCUT2D eigenvalue weighted by Gasteiger charge is -2.30. The zero-order valence-electron chi connectivity index (χ0n) is 20.5. The lowest BCUT2D eigenvalue weighted by Crippen LogP contribution is -2.45. The van der Waals surface area contributed by atoms with Gasteiger partial charge in [-0.1, -0.05) is 24.3 Å². The third kappa shape index (κ3) is 6.03. The molecule has 12 heteroatoms. The largest absolute Gasteiger partial charge is 0.508 e. The van der Waals surface area contributed by atoms with Gasteiger partial charge in [0.05, 0.1) is 23.2 Å². The molecule has 38 heavy (non-hydrogen) atoms. The summed E-state index contributed by atoms with van der Waals surface area (Å²) in [5.41, 5.74) is 2.84. The molecule has 10 nitrogen and oxygen atoms in total. The van der Waals surface area contributed by atoms with Gasteiger partial charge in [-0.05, 0) is 73.7 Å². The number of hydrogen-bond acceptors (Lipinski definition) is 8. The van der Waals surface area contributed by atoms with E-state index in [1.165, 1.54) is 24.3 Å². The molecule has 0 fully saturated rings. The van der Waals surface area contributed by atoms with Gasteiger partial charge in [-0.2, -0.15) is 0 Å². The summed E-state index contributed by atoms with van der Waals surface area (Å²) >= 11 is 10.5. The van der Waals surface area contributed by atoms with Crippen LogP contribution in [0, 0.1) is 0 Å². The first-order valence-corrected chi connectivity index (χ1v) is 12.4. The minimum Gasteiger partial charge on any atom is -0.508 e. The highest BCUT2D eigenvalue weighted by Crippen LogP contribution is 2.31. The molecular formula is C26H26N4O6S2. The Morgan fingerprint density at radius 2 is 1.16 bits per heavy atom. The summed E-state index contributed by atoms with van der Waals surface area (Å²) in [7, 11) is 0. The van der Waals surface area contributed by atoms with Gasteiger partial charge in [0, 0.05) is 11.4 Å². The molecule has 0 aliphatic carbocycles. The van der Waals surface area contributed by atoms with Gasteiger partial charge in [-0.15, -0.1) is 0 Å². The second kappa shape index (κ2) is 11.5. The van der Waals surface area contributed by atoms with Gasteiger partial charge in [-0.25, -0.2) is 9.59 Å². The van der Waals surface area contributed by atoms with Crippen LogP contribution in [0.2, 0.25) is 0 Å². The maximum absolute atomic E-state index is 13.0. The minimum absolute atomic E-state index is 0.0482. The number of phenols is 2. The highest BCUT2D eigenvalue weighted by atomic mass is 32.1. The van der Waals surface area contributed by atoms with Crippen molar-refractivity contribution in [3.8, 4) is 11.5 Å². The number of ether oxygens (including phenoxy) is 2. The predicted octanol–water partition coefficient (Wildman–Crippen LogP) is 2.47. The lowest BCUT2D eigenvalue weighted by molar-refractivity contribution is -0.148. The lowest BCUT2D eigenvalue weighted by atomic mass is 9.95. The molecule has 0 aromatic heterocycles. The second-order valence-electron chi connectivity index (χ2n) is 8.60. The zero-order valence-corrected chi connectivity index (χ0v) is 22.2. The van der Waals surface area contributed by atoms with Crippen molar-refractivity contribution in [1.82, 2.24) is 21.3 Å². The SMILES string of the molecule is CC1=C(C(=O)OCCOC(=O)C2=C(C)NC(=S)NC2c2cccc(O)c2)C(c2cccc(O)c2)NC(=S)N1. The maximum atomic E-state index is 13.0. The Bertz CT molecular complexity index is 1270. The van der Waals surface area contributed by atoms with Gasteiger partial charge in [0.2, 0.25) is 0 Å². The van der Waals surface area contributed by atoms with Crippen molar-refractivity contribution < 1.29 is 29.3 Å². The Kier molecular flexibility index (Phi) is 8.13. The molecular weight excluding hydrogens is 528 g/mol. The topological polar surface area (TPSA) is 141 Å². The Morgan fingerprint density at radius 3 is 1.53 bits per heavy atom. The summed E-state index contributed by atoms with van der Waals surface area (Å²) < 4.78 is 10.8. The molecule has 0 spiro atoms. The van der Waals surface area contributed by atoms with E-state index in [0.29, 0.717) is 32.7 Å². The van der Waals surface area contributed by atoms with Crippen molar-refractivity contribution >= 4 is 46.6 Å². The number of esters is 2. The number of allylic oxidation sites excluding steroid dienone is 2. The summed E-state index contributed by atoms with van der Waals surface area (Å²) in [6, 6.07) is 11.7. The molecule has 6 N–H and O–H groups in total. The Balaban J connectivity index is 1.42. The van der Waals surface area contributed by atoms with E-state index < -0.39 is 24.0 Å². The average Bonchev–Trinajstić information content (AvgIpc) is 2.85. The fourth-order valence-electron chi connectivity index (χ4n) is 4.26. The van der Waals surface area contributed by atoms with Crippen LogP contribution in [0.3, 0.4) is 0 Å². The molecule has 2 atom stereocenters. The molecule has 4 rings (SSSR count). The van der Waals surface area contributed by atoms with Crippen LogP contribution in [0.25, 0.3) is 0 Å². The average molecular weight is 555 g/mol. The summed E-state index contributed by atoms with van der Waals surface area (Å²) in [5, 5.41) is 32.3. The number of carbonyl (C=O) groups is 2. The first-order valence-electron chi connectivity index (χ1n) is 11.6. The Hall–Kier alpha value is -4.16. The first-order chi connectivity index (χ1) is 18.1. The summed E-state index contributed by atoms with van der Waals surface area (Å²) in [6.07, 6.45) is 0. The number of nitrogens with one attached hydrogen (secondary N) is 4. The second-order valence-corrected chi connectivity index (χ2v) is 9.42. The standard InChI is InChI=1S/C26H26N4O6S2/c1-13-19(21(29-25(37)27-13)15-5-3-7-17(31)11-15)23(33)35-9-10-36-24(34)20-14(2)28-26(38)30-22(20)16-6-4-8-18(32)12-16/h3-8,11-12,21-22,31-32H,9-10H2,1-2H3,(H2,27,29,37)(H2,28,30,38). The van der Waals surface area contributed by atoms with Crippen LogP contribution in [0.1, 0.15) is 37.1 Å². The normalized spacial score (nSPS) is 19.1. The van der Waals surface area contributed by atoms with E-state index in [9.17, 15) is 19.8 Å². The molecule has 0 radical (unpaired) electrons. The van der Waals surface area contributed by atoms with Gasteiger partial charge in [0.15, 0.2) is 10.2 Å². The number of rotatable bonds is 7. The van der Waals surface area contributed by atoms with E-state index in [4.69, 9.17) is 33.9 Å². The number of thiocarbonyl (C=S) groups is 2. The number of carbonyl (C=O) groups excluding carboxylic acids is 2. The van der Waals surface area contributed by atoms with Crippen LogP contribution in [0.15, 0.2) is 71.1 Å². The molecule has 0 saturated carbocycles. The molecule has 0 amide bonds. The fourth-order valence-corrected chi connectivity index (χ4v) is 4.80. The van der Waals surface area contributed by atoms with Crippen molar-refractivity contribution in [3.05, 3.63) is 82.2 Å². The molecule has 2 aliphatic rings. The summed E-state index contributed by atoms with van der Waals surface area (Å²) in [4.78, 5) is 26.0. The Labute approximate surface area is 229 Å². The smallest absolute Gasteiger partial charge is 0.338 e. The molecule has 2 unspecified atom stereocenters. The molecule has 198 valence electrons. The third-order valence-corrected chi connectivity index (χ3v) is 6.37. The van der Waals surface area contributed by atoms with E-state index in [2.05, 4.69) is 21.3 Å². The number of hydrogen-bond donors (Lipinski definition) is 6. The van der Waals surface area contributed by atoms with Gasteiger partial charge >= 0.3 is 11.9 Å². The van der Waals surface area contributed by atoms with E-state index in [1.807, 2.05) is 0 Å². The zero-order chi connectivity index (χ0) is 27.4. The van der Waals surface area contributed by atoms with Crippen LogP contribution in [0.5, 0.6) is 11.5 Å². The number of benzene rings is 2. The maximum Gasteiger partial charge on any atom is 0.338 e. The molecule has 0 bridgehead atoms. The van der Waals surface area contributed by atoms with Crippen LogP contribution in [-0.4, -0.2) is 45.6 Å². The molecule has 2 aliphatic heterocycles. The van der Waals surface area contributed by atoms with Crippen molar-refractivity contribution in [3.63, 3.8) is 0 Å². The fraction of sp³-hybridized carbons (Fsp3) is 0.231. The van der Waals surface area contributed by atoms with Gasteiger partial charge in [0.25, 0.3) is 0 Å². The van der Waals surface area contributed by atoms with Crippen molar-refractivity contribution in [1.29, 1.82) is 0 Å². The predicted molar refractivity (Wildman–Crippen MR) is 147 cm³/mol. The van der Waals surface area contributed by atoms with Crippen molar-refractivity contribution in [2.75, 3.05) is 13.2 Å². The first kappa shape index (κ1) is 26.9.